The van der Waals surface area contributed by atoms with E-state index in [-0.39, 0.29) is 35.5 Å². The molecule has 0 saturated heterocycles. The van der Waals surface area contributed by atoms with Crippen molar-refractivity contribution in [3.8, 4) is 0 Å². The van der Waals surface area contributed by atoms with Crippen LogP contribution in [0.2, 0.25) is 0 Å². The average molecular weight is 496 g/mol. The molecule has 0 bridgehead atoms. The second kappa shape index (κ2) is 12.2. The van der Waals surface area contributed by atoms with Gasteiger partial charge in [0.15, 0.2) is 0 Å². The number of carbonyl (C=O) groups excluding carboxylic acids is 3. The molecule has 36 heavy (non-hydrogen) atoms. The predicted molar refractivity (Wildman–Crippen MR) is 146 cm³/mol. The van der Waals surface area contributed by atoms with E-state index in [9.17, 15) is 14.4 Å². The molecule has 3 saturated carbocycles. The van der Waals surface area contributed by atoms with Crippen LogP contribution in [0.15, 0.2) is 18.2 Å². The first-order chi connectivity index (χ1) is 17.3. The molecule has 4 rings (SSSR count). The molecule has 0 heterocycles. The molecule has 0 aromatic heterocycles. The summed E-state index contributed by atoms with van der Waals surface area (Å²) in [6, 6.07) is 5.47. The highest BCUT2D eigenvalue weighted by molar-refractivity contribution is 5.99. The number of hydrogen-bond donors (Lipinski definition) is 3. The van der Waals surface area contributed by atoms with Gasteiger partial charge in [-0.2, -0.15) is 0 Å². The lowest BCUT2D eigenvalue weighted by Crippen LogP contribution is -2.28. The lowest BCUT2D eigenvalue weighted by Gasteiger charge is -2.27. The van der Waals surface area contributed by atoms with Gasteiger partial charge in [0.2, 0.25) is 17.7 Å². The van der Waals surface area contributed by atoms with Crippen molar-refractivity contribution in [2.24, 2.45) is 35.5 Å². The lowest BCUT2D eigenvalue weighted by molar-refractivity contribution is -0.121. The quantitative estimate of drug-likeness (QED) is 0.398. The van der Waals surface area contributed by atoms with E-state index in [2.05, 4.69) is 36.7 Å². The minimum atomic E-state index is 0.0194. The van der Waals surface area contributed by atoms with Crippen LogP contribution >= 0.6 is 0 Å². The highest BCUT2D eigenvalue weighted by Crippen LogP contribution is 2.33. The molecule has 3 amide bonds. The van der Waals surface area contributed by atoms with Crippen molar-refractivity contribution < 1.29 is 14.4 Å². The first-order valence-corrected chi connectivity index (χ1v) is 14.3. The van der Waals surface area contributed by atoms with Crippen molar-refractivity contribution in [3.63, 3.8) is 0 Å². The highest BCUT2D eigenvalue weighted by Gasteiger charge is 2.27. The van der Waals surface area contributed by atoms with Gasteiger partial charge >= 0.3 is 0 Å². The Hall–Kier alpha value is -2.37. The summed E-state index contributed by atoms with van der Waals surface area (Å²) >= 11 is 0. The zero-order valence-electron chi connectivity index (χ0n) is 22.4. The molecule has 3 aliphatic carbocycles. The maximum atomic E-state index is 13.0. The third kappa shape index (κ3) is 7.33. The zero-order valence-corrected chi connectivity index (χ0v) is 22.4. The van der Waals surface area contributed by atoms with Gasteiger partial charge in [-0.05, 0) is 113 Å². The number of carbonyl (C=O) groups is 3. The number of hydrogen-bond acceptors (Lipinski definition) is 3. The Morgan fingerprint density at radius 1 is 0.472 bits per heavy atom. The number of amides is 3. The number of rotatable bonds is 6. The van der Waals surface area contributed by atoms with E-state index in [0.717, 1.165) is 77.0 Å². The van der Waals surface area contributed by atoms with Gasteiger partial charge in [-0.25, -0.2) is 0 Å². The summed E-state index contributed by atoms with van der Waals surface area (Å²) in [4.78, 5) is 39.0. The average Bonchev–Trinajstić information content (AvgIpc) is 2.85. The third-order valence-corrected chi connectivity index (χ3v) is 8.90. The fourth-order valence-corrected chi connectivity index (χ4v) is 6.14. The first-order valence-electron chi connectivity index (χ1n) is 14.3. The minimum absolute atomic E-state index is 0.0194. The van der Waals surface area contributed by atoms with Gasteiger partial charge in [0.25, 0.3) is 0 Å². The molecular weight excluding hydrogens is 450 g/mol. The molecule has 0 spiro atoms. The molecule has 198 valence electrons. The Balaban J connectivity index is 1.47. The van der Waals surface area contributed by atoms with Crippen molar-refractivity contribution >= 4 is 34.8 Å². The lowest BCUT2D eigenvalue weighted by atomic mass is 9.82. The van der Waals surface area contributed by atoms with Gasteiger partial charge in [-0.15, -0.1) is 0 Å². The van der Waals surface area contributed by atoms with Gasteiger partial charge in [-0.3, -0.25) is 14.4 Å². The summed E-state index contributed by atoms with van der Waals surface area (Å²) in [6.45, 7) is 6.74. The van der Waals surface area contributed by atoms with E-state index in [0.29, 0.717) is 34.8 Å². The molecule has 0 unspecified atom stereocenters. The SMILES string of the molecule is C[C@H]1CC[C@H](C(=O)Nc2cc(NC(=O)[C@H]3CC[C@H](C)CC3)cc(NC(=O)[C@H]3CC[C@@H](C)CC3)c2)CC1. The second-order valence-corrected chi connectivity index (χ2v) is 12.1. The topological polar surface area (TPSA) is 87.3 Å². The van der Waals surface area contributed by atoms with Crippen LogP contribution in [0, 0.1) is 35.5 Å². The molecule has 6 nitrogen and oxygen atoms in total. The number of nitrogens with one attached hydrogen (secondary N) is 3. The summed E-state index contributed by atoms with van der Waals surface area (Å²) < 4.78 is 0. The van der Waals surface area contributed by atoms with E-state index in [1.807, 2.05) is 18.2 Å². The normalized spacial score (nSPS) is 30.8. The Kier molecular flexibility index (Phi) is 9.08. The molecule has 6 heteroatoms. The van der Waals surface area contributed by atoms with Crippen molar-refractivity contribution in [1.82, 2.24) is 0 Å². The van der Waals surface area contributed by atoms with Crippen LogP contribution < -0.4 is 16.0 Å². The van der Waals surface area contributed by atoms with Crippen molar-refractivity contribution in [2.45, 2.75) is 97.8 Å². The summed E-state index contributed by atoms with van der Waals surface area (Å²) in [5, 5.41) is 9.25. The predicted octanol–water partition coefficient (Wildman–Crippen LogP) is 6.98. The second-order valence-electron chi connectivity index (χ2n) is 12.1. The summed E-state index contributed by atoms with van der Waals surface area (Å²) in [5.41, 5.74) is 1.88. The van der Waals surface area contributed by atoms with Crippen molar-refractivity contribution in [1.29, 1.82) is 0 Å². The van der Waals surface area contributed by atoms with Crippen LogP contribution in [-0.2, 0) is 14.4 Å². The van der Waals surface area contributed by atoms with Crippen LogP contribution in [0.5, 0.6) is 0 Å². The van der Waals surface area contributed by atoms with Gasteiger partial charge in [-0.1, -0.05) is 20.8 Å². The van der Waals surface area contributed by atoms with E-state index >= 15 is 0 Å². The summed E-state index contributed by atoms with van der Waals surface area (Å²) in [5.74, 6) is 2.20. The van der Waals surface area contributed by atoms with Crippen LogP contribution in [0.25, 0.3) is 0 Å². The standard InChI is InChI=1S/C30H45N3O3/c1-19-4-10-22(11-5-19)28(34)31-25-16-26(32-29(35)23-12-6-20(2)7-13-23)18-27(17-25)33-30(36)24-14-8-21(3)9-15-24/h16-24H,4-15H2,1-3H3,(H,31,34)(H,32,35)(H,33,36)/t19-,20-,21-,22-,23-,24+. The van der Waals surface area contributed by atoms with Crippen LogP contribution in [-0.4, -0.2) is 17.7 Å². The monoisotopic (exact) mass is 495 g/mol. The smallest absolute Gasteiger partial charge is 0.227 e. The Bertz CT molecular complexity index is 790. The maximum absolute atomic E-state index is 13.0. The van der Waals surface area contributed by atoms with E-state index in [1.165, 1.54) is 0 Å². The Labute approximate surface area is 216 Å². The first kappa shape index (κ1) is 26.7. The fourth-order valence-electron chi connectivity index (χ4n) is 6.14. The van der Waals surface area contributed by atoms with Crippen LogP contribution in [0.1, 0.15) is 97.8 Å². The number of anilines is 3. The highest BCUT2D eigenvalue weighted by atomic mass is 16.2. The van der Waals surface area contributed by atoms with Crippen LogP contribution in [0.4, 0.5) is 17.1 Å². The van der Waals surface area contributed by atoms with Crippen molar-refractivity contribution in [3.05, 3.63) is 18.2 Å². The largest absolute Gasteiger partial charge is 0.326 e. The molecule has 0 radical (unpaired) electrons. The molecule has 1 aromatic rings. The third-order valence-electron chi connectivity index (χ3n) is 8.90. The van der Waals surface area contributed by atoms with E-state index < -0.39 is 0 Å². The van der Waals surface area contributed by atoms with Gasteiger partial charge < -0.3 is 16.0 Å². The Morgan fingerprint density at radius 3 is 0.917 bits per heavy atom. The maximum Gasteiger partial charge on any atom is 0.227 e. The van der Waals surface area contributed by atoms with Crippen molar-refractivity contribution in [2.75, 3.05) is 16.0 Å². The molecule has 3 aliphatic rings. The molecule has 1 aromatic carbocycles. The molecule has 3 N–H and O–H groups in total. The van der Waals surface area contributed by atoms with E-state index in [1.54, 1.807) is 0 Å². The van der Waals surface area contributed by atoms with Crippen LogP contribution in [0.3, 0.4) is 0 Å². The molecule has 3 fully saturated rings. The summed E-state index contributed by atoms with van der Waals surface area (Å²) in [7, 11) is 0. The fraction of sp³-hybridized carbons (Fsp3) is 0.700. The van der Waals surface area contributed by atoms with E-state index in [4.69, 9.17) is 0 Å². The van der Waals surface area contributed by atoms with Gasteiger partial charge in [0.05, 0.1) is 0 Å². The molecule has 0 atom stereocenters. The molecular formula is C30H45N3O3. The van der Waals surface area contributed by atoms with Gasteiger partial charge in [0.1, 0.15) is 0 Å². The summed E-state index contributed by atoms with van der Waals surface area (Å²) in [6.07, 6.45) is 11.9. The Morgan fingerprint density at radius 2 is 0.694 bits per heavy atom. The number of benzene rings is 1. The van der Waals surface area contributed by atoms with Gasteiger partial charge in [0, 0.05) is 34.8 Å². The zero-order chi connectivity index (χ0) is 25.7. The minimum Gasteiger partial charge on any atom is -0.326 e. The molecule has 0 aliphatic heterocycles.